The Bertz CT molecular complexity index is 363. The van der Waals surface area contributed by atoms with E-state index < -0.39 is 13.0 Å². The molecule has 0 amide bonds. The van der Waals surface area contributed by atoms with Crippen LogP contribution in [0.1, 0.15) is 24.4 Å². The van der Waals surface area contributed by atoms with Crippen LogP contribution in [0.5, 0.6) is 0 Å². The van der Waals surface area contributed by atoms with Crippen molar-refractivity contribution in [1.29, 1.82) is 0 Å². The normalized spacial score (nSPS) is 16.4. The summed E-state index contributed by atoms with van der Waals surface area (Å²) in [5.41, 5.74) is 0.211. The van der Waals surface area contributed by atoms with E-state index in [-0.39, 0.29) is 5.69 Å². The first-order chi connectivity index (χ1) is 7.53. The zero-order valence-electron chi connectivity index (χ0n) is 8.42. The van der Waals surface area contributed by atoms with Crippen molar-refractivity contribution in [3.8, 4) is 0 Å². The summed E-state index contributed by atoms with van der Waals surface area (Å²) in [7, 11) is 0. The molecule has 0 atom stereocenters. The molecule has 1 aromatic heterocycles. The summed E-state index contributed by atoms with van der Waals surface area (Å²) in [4.78, 5) is 7.88. The topological polar surface area (TPSA) is 35.0 Å². The zero-order chi connectivity index (χ0) is 11.6. The van der Waals surface area contributed by atoms with Crippen LogP contribution in [-0.4, -0.2) is 16.3 Å². The number of hydrogen-bond acceptors (Lipinski definition) is 3. The Morgan fingerprint density at radius 1 is 1.44 bits per heavy atom. The van der Waals surface area contributed by atoms with Crippen molar-refractivity contribution in [3.63, 3.8) is 0 Å². The van der Waals surface area contributed by atoms with Gasteiger partial charge in [-0.3, -0.25) is 4.74 Å². The zero-order valence-corrected chi connectivity index (χ0v) is 8.42. The summed E-state index contributed by atoms with van der Waals surface area (Å²) in [6.07, 6.45) is 0.925. The summed E-state index contributed by atoms with van der Waals surface area (Å²) in [6.45, 7) is -0.583. The van der Waals surface area contributed by atoms with Crippen LogP contribution >= 0.6 is 0 Å². The monoisotopic (exact) mass is 231 g/mol. The molecule has 0 saturated heterocycles. The van der Waals surface area contributed by atoms with Crippen molar-refractivity contribution in [3.05, 3.63) is 23.8 Å². The molecule has 0 aromatic carbocycles. The van der Waals surface area contributed by atoms with Crippen molar-refractivity contribution >= 4 is 0 Å². The van der Waals surface area contributed by atoms with Gasteiger partial charge >= 0.3 is 6.36 Å². The molecule has 0 unspecified atom stereocenters. The Hall–Kier alpha value is -1.17. The first-order valence-electron chi connectivity index (χ1n) is 4.96. The van der Waals surface area contributed by atoms with Gasteiger partial charge in [-0.05, 0) is 24.8 Å². The maximum atomic E-state index is 11.8. The molecular formula is C10H10F3N2O. The highest BCUT2D eigenvalue weighted by molar-refractivity contribution is 5.02. The molecule has 2 rings (SSSR count). The Morgan fingerprint density at radius 2 is 2.19 bits per heavy atom. The molecule has 1 heterocycles. The second kappa shape index (κ2) is 4.37. The van der Waals surface area contributed by atoms with E-state index in [1.54, 1.807) is 0 Å². The Balaban J connectivity index is 1.92. The molecule has 1 aromatic rings. The van der Waals surface area contributed by atoms with Crippen molar-refractivity contribution < 1.29 is 17.9 Å². The summed E-state index contributed by atoms with van der Waals surface area (Å²) in [5, 5.41) is 0. The predicted molar refractivity (Wildman–Crippen MR) is 48.1 cm³/mol. The molecule has 3 nitrogen and oxygen atoms in total. The minimum Gasteiger partial charge on any atom is -0.285 e. The van der Waals surface area contributed by atoms with E-state index in [2.05, 4.69) is 20.9 Å². The summed E-state index contributed by atoms with van der Waals surface area (Å²) in [5.74, 6) is 1.14. The van der Waals surface area contributed by atoms with Gasteiger partial charge in [0.2, 0.25) is 0 Å². The fraction of sp³-hybridized carbons (Fsp3) is 0.600. The quantitative estimate of drug-likeness (QED) is 0.797. The molecule has 1 aliphatic carbocycles. The van der Waals surface area contributed by atoms with Crippen LogP contribution in [-0.2, 0) is 17.8 Å². The van der Waals surface area contributed by atoms with E-state index in [4.69, 9.17) is 0 Å². The molecule has 0 N–H and O–H groups in total. The van der Waals surface area contributed by atoms with Gasteiger partial charge in [0.25, 0.3) is 0 Å². The number of aromatic nitrogens is 2. The summed E-state index contributed by atoms with van der Waals surface area (Å²) in [6, 6.07) is 1.31. The molecule has 6 heteroatoms. The van der Waals surface area contributed by atoms with E-state index in [0.29, 0.717) is 11.7 Å². The Morgan fingerprint density at radius 3 is 2.81 bits per heavy atom. The van der Waals surface area contributed by atoms with E-state index in [1.165, 1.54) is 6.07 Å². The fourth-order valence-electron chi connectivity index (χ4n) is 1.31. The van der Waals surface area contributed by atoms with Gasteiger partial charge in [0.05, 0.1) is 18.5 Å². The standard InChI is InChI=1S/C10H10F3N2O/c11-10(12,13)16-6-8-3-4-14-9(15-8)5-7-1-2-7/h3,7H,1-2,5-6H2. The second-order valence-corrected chi connectivity index (χ2v) is 3.79. The van der Waals surface area contributed by atoms with Gasteiger partial charge in [0.15, 0.2) is 0 Å². The van der Waals surface area contributed by atoms with E-state index in [1.807, 2.05) is 0 Å². The largest absolute Gasteiger partial charge is 0.522 e. The number of hydrogen-bond donors (Lipinski definition) is 0. The van der Waals surface area contributed by atoms with Gasteiger partial charge in [-0.15, -0.1) is 13.2 Å². The van der Waals surface area contributed by atoms with Crippen LogP contribution in [0, 0.1) is 12.1 Å². The molecule has 87 valence electrons. The molecule has 0 bridgehead atoms. The molecule has 1 saturated carbocycles. The van der Waals surface area contributed by atoms with Crippen molar-refractivity contribution in [2.45, 2.75) is 32.2 Å². The second-order valence-electron chi connectivity index (χ2n) is 3.79. The van der Waals surface area contributed by atoms with Gasteiger partial charge < -0.3 is 0 Å². The van der Waals surface area contributed by atoms with Crippen LogP contribution < -0.4 is 0 Å². The van der Waals surface area contributed by atoms with Gasteiger partial charge in [-0.25, -0.2) is 9.97 Å². The predicted octanol–water partition coefficient (Wildman–Crippen LogP) is 2.27. The van der Waals surface area contributed by atoms with Gasteiger partial charge in [0, 0.05) is 6.42 Å². The summed E-state index contributed by atoms with van der Waals surface area (Å²) < 4.78 is 39.0. The molecular weight excluding hydrogens is 221 g/mol. The van der Waals surface area contributed by atoms with Crippen LogP contribution in [0.2, 0.25) is 0 Å². The van der Waals surface area contributed by atoms with E-state index >= 15 is 0 Å². The van der Waals surface area contributed by atoms with E-state index in [9.17, 15) is 13.2 Å². The molecule has 1 radical (unpaired) electrons. The van der Waals surface area contributed by atoms with Crippen molar-refractivity contribution in [2.75, 3.05) is 0 Å². The lowest BCUT2D eigenvalue weighted by atomic mass is 10.3. The van der Waals surface area contributed by atoms with Gasteiger partial charge in [-0.2, -0.15) is 0 Å². The van der Waals surface area contributed by atoms with Crippen LogP contribution in [0.3, 0.4) is 0 Å². The maximum absolute atomic E-state index is 11.8. The van der Waals surface area contributed by atoms with E-state index in [0.717, 1.165) is 19.3 Å². The number of rotatable bonds is 4. The third-order valence-electron chi connectivity index (χ3n) is 2.25. The number of halogens is 3. The average Bonchev–Trinajstić information content (AvgIpc) is 2.98. The minimum absolute atomic E-state index is 0.211. The first-order valence-corrected chi connectivity index (χ1v) is 4.96. The van der Waals surface area contributed by atoms with Crippen LogP contribution in [0.4, 0.5) is 13.2 Å². The Kier molecular flexibility index (Phi) is 3.09. The Labute approximate surface area is 90.7 Å². The maximum Gasteiger partial charge on any atom is 0.522 e. The smallest absolute Gasteiger partial charge is 0.285 e. The molecule has 16 heavy (non-hydrogen) atoms. The third kappa shape index (κ3) is 3.77. The fourth-order valence-corrected chi connectivity index (χ4v) is 1.31. The lowest BCUT2D eigenvalue weighted by molar-refractivity contribution is -0.330. The van der Waals surface area contributed by atoms with Gasteiger partial charge in [0.1, 0.15) is 5.82 Å². The number of alkyl halides is 3. The van der Waals surface area contributed by atoms with Crippen molar-refractivity contribution in [2.24, 2.45) is 5.92 Å². The molecule has 1 aliphatic rings. The highest BCUT2D eigenvalue weighted by atomic mass is 19.4. The SMILES string of the molecule is FC(F)(F)OCc1c[c]nc(CC2CC2)n1. The average molecular weight is 231 g/mol. The van der Waals surface area contributed by atoms with Crippen molar-refractivity contribution in [1.82, 2.24) is 9.97 Å². The van der Waals surface area contributed by atoms with Crippen LogP contribution in [0.15, 0.2) is 6.07 Å². The number of ether oxygens (including phenoxy) is 1. The molecule has 0 spiro atoms. The number of nitrogens with zero attached hydrogens (tertiary/aromatic N) is 2. The highest BCUT2D eigenvalue weighted by Gasteiger charge is 2.29. The first kappa shape index (κ1) is 11.3. The van der Waals surface area contributed by atoms with Crippen LogP contribution in [0.25, 0.3) is 0 Å². The van der Waals surface area contributed by atoms with Gasteiger partial charge in [-0.1, -0.05) is 0 Å². The molecule has 0 aliphatic heterocycles. The third-order valence-corrected chi connectivity index (χ3v) is 2.25. The highest BCUT2D eigenvalue weighted by Crippen LogP contribution is 2.31. The lowest BCUT2D eigenvalue weighted by Gasteiger charge is -2.07. The lowest BCUT2D eigenvalue weighted by Crippen LogP contribution is -2.14. The minimum atomic E-state index is -4.62. The molecule has 1 fully saturated rings. The summed E-state index contributed by atoms with van der Waals surface area (Å²) >= 11 is 0.